The van der Waals surface area contributed by atoms with E-state index in [9.17, 15) is 0 Å². The SMILES string of the molecule is CCCc1c(N)nnn1CCCOc1cc(C)cc(C)c1. The molecule has 5 nitrogen and oxygen atoms in total. The highest BCUT2D eigenvalue weighted by Crippen LogP contribution is 2.16. The molecule has 5 heteroatoms. The van der Waals surface area contributed by atoms with Crippen LogP contribution in [0.5, 0.6) is 5.75 Å². The molecular formula is C16H24N4O. The summed E-state index contributed by atoms with van der Waals surface area (Å²) in [4.78, 5) is 0. The fraction of sp³-hybridized carbons (Fsp3) is 0.500. The van der Waals surface area contributed by atoms with E-state index in [1.54, 1.807) is 0 Å². The van der Waals surface area contributed by atoms with Gasteiger partial charge in [0.2, 0.25) is 0 Å². The summed E-state index contributed by atoms with van der Waals surface area (Å²) in [6, 6.07) is 6.26. The van der Waals surface area contributed by atoms with Gasteiger partial charge in [-0.05, 0) is 43.5 Å². The first kappa shape index (κ1) is 15.4. The molecule has 0 radical (unpaired) electrons. The molecule has 2 aromatic rings. The van der Waals surface area contributed by atoms with Crippen LogP contribution in [-0.4, -0.2) is 21.6 Å². The maximum Gasteiger partial charge on any atom is 0.169 e. The van der Waals surface area contributed by atoms with Gasteiger partial charge in [0.25, 0.3) is 0 Å². The molecule has 0 aliphatic rings. The molecule has 21 heavy (non-hydrogen) atoms. The van der Waals surface area contributed by atoms with E-state index in [2.05, 4.69) is 49.3 Å². The van der Waals surface area contributed by atoms with Crippen LogP contribution in [0.25, 0.3) is 0 Å². The molecule has 1 heterocycles. The minimum Gasteiger partial charge on any atom is -0.494 e. The maximum absolute atomic E-state index is 5.83. The first-order valence-corrected chi connectivity index (χ1v) is 7.49. The van der Waals surface area contributed by atoms with Crippen LogP contribution in [0.4, 0.5) is 5.82 Å². The van der Waals surface area contributed by atoms with Crippen LogP contribution < -0.4 is 10.5 Å². The average molecular weight is 288 g/mol. The summed E-state index contributed by atoms with van der Waals surface area (Å²) >= 11 is 0. The largest absolute Gasteiger partial charge is 0.494 e. The molecule has 0 amide bonds. The van der Waals surface area contributed by atoms with Gasteiger partial charge in [0.15, 0.2) is 5.82 Å². The van der Waals surface area contributed by atoms with Crippen molar-refractivity contribution in [1.29, 1.82) is 0 Å². The molecule has 0 fully saturated rings. The fourth-order valence-electron chi connectivity index (χ4n) is 2.44. The minimum atomic E-state index is 0.548. The normalized spacial score (nSPS) is 10.8. The summed E-state index contributed by atoms with van der Waals surface area (Å²) < 4.78 is 7.70. The number of nitrogens with two attached hydrogens (primary N) is 1. The summed E-state index contributed by atoms with van der Waals surface area (Å²) in [5, 5.41) is 8.04. The number of rotatable bonds is 7. The van der Waals surface area contributed by atoms with Crippen molar-refractivity contribution >= 4 is 5.82 Å². The van der Waals surface area contributed by atoms with Crippen LogP contribution in [0.15, 0.2) is 18.2 Å². The Labute approximate surface area is 126 Å². The Morgan fingerprint density at radius 1 is 1.19 bits per heavy atom. The second-order valence-corrected chi connectivity index (χ2v) is 5.42. The second-order valence-electron chi connectivity index (χ2n) is 5.42. The molecule has 0 aliphatic carbocycles. The highest BCUT2D eigenvalue weighted by Gasteiger charge is 2.08. The van der Waals surface area contributed by atoms with E-state index in [4.69, 9.17) is 10.5 Å². The van der Waals surface area contributed by atoms with E-state index in [0.717, 1.165) is 37.3 Å². The summed E-state index contributed by atoms with van der Waals surface area (Å²) in [5.74, 6) is 1.48. The molecule has 2 N–H and O–H groups in total. The van der Waals surface area contributed by atoms with E-state index in [0.29, 0.717) is 12.4 Å². The highest BCUT2D eigenvalue weighted by molar-refractivity contribution is 5.33. The van der Waals surface area contributed by atoms with Gasteiger partial charge >= 0.3 is 0 Å². The molecule has 0 atom stereocenters. The van der Waals surface area contributed by atoms with E-state index in [1.165, 1.54) is 11.1 Å². The Hall–Kier alpha value is -2.04. The molecule has 1 aromatic carbocycles. The number of hydrogen-bond donors (Lipinski definition) is 1. The highest BCUT2D eigenvalue weighted by atomic mass is 16.5. The van der Waals surface area contributed by atoms with Crippen LogP contribution >= 0.6 is 0 Å². The standard InChI is InChI=1S/C16H24N4O/c1-4-6-15-16(17)18-19-20(15)7-5-8-21-14-10-12(2)9-13(3)11-14/h9-11H,4-8,17H2,1-3H3. The molecule has 114 valence electrons. The molecule has 1 aromatic heterocycles. The van der Waals surface area contributed by atoms with Crippen LogP contribution in [0.3, 0.4) is 0 Å². The first-order valence-electron chi connectivity index (χ1n) is 7.49. The number of aromatic nitrogens is 3. The predicted octanol–water partition coefficient (Wildman–Crippen LogP) is 2.90. The van der Waals surface area contributed by atoms with Gasteiger partial charge in [-0.1, -0.05) is 24.6 Å². The van der Waals surface area contributed by atoms with E-state index in [1.807, 2.05) is 4.68 Å². The topological polar surface area (TPSA) is 66.0 Å². The Morgan fingerprint density at radius 2 is 1.90 bits per heavy atom. The zero-order chi connectivity index (χ0) is 15.2. The van der Waals surface area contributed by atoms with Crippen molar-refractivity contribution < 1.29 is 4.74 Å². The van der Waals surface area contributed by atoms with Gasteiger partial charge in [0.05, 0.1) is 12.3 Å². The van der Waals surface area contributed by atoms with Gasteiger partial charge in [-0.15, -0.1) is 5.10 Å². The Morgan fingerprint density at radius 3 is 2.57 bits per heavy atom. The molecule has 0 saturated carbocycles. The molecule has 0 bridgehead atoms. The van der Waals surface area contributed by atoms with Crippen molar-refractivity contribution in [3.63, 3.8) is 0 Å². The number of anilines is 1. The summed E-state index contributed by atoms with van der Waals surface area (Å²) in [7, 11) is 0. The third kappa shape index (κ3) is 4.21. The van der Waals surface area contributed by atoms with Gasteiger partial charge in [-0.3, -0.25) is 0 Å². The van der Waals surface area contributed by atoms with Gasteiger partial charge in [-0.25, -0.2) is 4.68 Å². The number of ether oxygens (including phenoxy) is 1. The number of benzene rings is 1. The van der Waals surface area contributed by atoms with Gasteiger partial charge in [-0.2, -0.15) is 0 Å². The smallest absolute Gasteiger partial charge is 0.169 e. The van der Waals surface area contributed by atoms with Crippen LogP contribution in [0.2, 0.25) is 0 Å². The van der Waals surface area contributed by atoms with Gasteiger partial charge in [0.1, 0.15) is 5.75 Å². The van der Waals surface area contributed by atoms with Gasteiger partial charge < -0.3 is 10.5 Å². The van der Waals surface area contributed by atoms with Crippen LogP contribution in [-0.2, 0) is 13.0 Å². The van der Waals surface area contributed by atoms with Crippen molar-refractivity contribution in [3.8, 4) is 5.75 Å². The molecule has 0 unspecified atom stereocenters. The molecular weight excluding hydrogens is 264 g/mol. The third-order valence-corrected chi connectivity index (χ3v) is 3.33. The zero-order valence-electron chi connectivity index (χ0n) is 13.1. The van der Waals surface area contributed by atoms with Crippen LogP contribution in [0.1, 0.15) is 36.6 Å². The Balaban J connectivity index is 1.84. The Bertz CT molecular complexity index is 572. The monoisotopic (exact) mass is 288 g/mol. The maximum atomic E-state index is 5.83. The lowest BCUT2D eigenvalue weighted by Gasteiger charge is -2.09. The van der Waals surface area contributed by atoms with Crippen molar-refractivity contribution in [3.05, 3.63) is 35.0 Å². The third-order valence-electron chi connectivity index (χ3n) is 3.33. The lowest BCUT2D eigenvalue weighted by molar-refractivity contribution is 0.296. The van der Waals surface area contributed by atoms with E-state index in [-0.39, 0.29) is 0 Å². The number of nitrogen functional groups attached to an aromatic ring is 1. The lowest BCUT2D eigenvalue weighted by Crippen LogP contribution is -2.09. The number of aryl methyl sites for hydroxylation is 3. The Kier molecular flexibility index (Phi) is 5.20. The van der Waals surface area contributed by atoms with Crippen molar-refractivity contribution in [1.82, 2.24) is 15.0 Å². The van der Waals surface area contributed by atoms with E-state index < -0.39 is 0 Å². The molecule has 0 aliphatic heterocycles. The predicted molar refractivity (Wildman–Crippen MR) is 84.5 cm³/mol. The molecule has 0 spiro atoms. The van der Waals surface area contributed by atoms with Crippen molar-refractivity contribution in [2.75, 3.05) is 12.3 Å². The lowest BCUT2D eigenvalue weighted by atomic mass is 10.1. The van der Waals surface area contributed by atoms with Crippen molar-refractivity contribution in [2.24, 2.45) is 0 Å². The van der Waals surface area contributed by atoms with Crippen molar-refractivity contribution in [2.45, 2.75) is 46.6 Å². The summed E-state index contributed by atoms with van der Waals surface area (Å²) in [5.41, 5.74) is 9.30. The summed E-state index contributed by atoms with van der Waals surface area (Å²) in [6.45, 7) is 7.72. The van der Waals surface area contributed by atoms with Crippen LogP contribution in [0, 0.1) is 13.8 Å². The quantitative estimate of drug-likeness (QED) is 0.796. The first-order chi connectivity index (χ1) is 10.1. The van der Waals surface area contributed by atoms with Gasteiger partial charge in [0, 0.05) is 13.0 Å². The number of hydrogen-bond acceptors (Lipinski definition) is 4. The average Bonchev–Trinajstić information content (AvgIpc) is 2.76. The number of nitrogens with zero attached hydrogens (tertiary/aromatic N) is 3. The van der Waals surface area contributed by atoms with E-state index >= 15 is 0 Å². The second kappa shape index (κ2) is 7.11. The zero-order valence-corrected chi connectivity index (χ0v) is 13.1. The fourth-order valence-corrected chi connectivity index (χ4v) is 2.44. The molecule has 2 rings (SSSR count). The minimum absolute atomic E-state index is 0.548. The summed E-state index contributed by atoms with van der Waals surface area (Å²) in [6.07, 6.45) is 2.83. The molecule has 0 saturated heterocycles.